The molecule has 0 spiro atoms. The highest BCUT2D eigenvalue weighted by molar-refractivity contribution is 5.54. The number of halogens is 3. The molecule has 0 N–H and O–H groups in total. The maximum atomic E-state index is 11.9. The lowest BCUT2D eigenvalue weighted by atomic mass is 10.3. The van der Waals surface area contributed by atoms with Crippen LogP contribution in [0.1, 0.15) is 5.56 Å². The van der Waals surface area contributed by atoms with E-state index in [9.17, 15) is 18.0 Å². The molecular weight excluding hydrogens is 173 g/mol. The molecule has 66 valence electrons. The van der Waals surface area contributed by atoms with Gasteiger partial charge < -0.3 is 4.79 Å². The third-order valence-electron chi connectivity index (χ3n) is 1.21. The largest absolute Gasteiger partial charge is 0.504 e. The van der Waals surface area contributed by atoms with Crippen LogP contribution in [0, 0.1) is 0 Å². The molecule has 0 bridgehead atoms. The standard InChI is InChI=1S/C6H5F3N2O/c7-6(8,9)11-4-5(1-2-12)3-10-11/h2-4H,1H2. The summed E-state index contributed by atoms with van der Waals surface area (Å²) in [5.41, 5.74) is 0.252. The zero-order chi connectivity index (χ0) is 9.19. The molecule has 0 unspecified atom stereocenters. The fourth-order valence-corrected chi connectivity index (χ4v) is 0.700. The highest BCUT2D eigenvalue weighted by atomic mass is 19.4. The first-order chi connectivity index (χ1) is 5.54. The van der Waals surface area contributed by atoms with Gasteiger partial charge in [0.15, 0.2) is 0 Å². The lowest BCUT2D eigenvalue weighted by Gasteiger charge is -2.03. The van der Waals surface area contributed by atoms with Gasteiger partial charge in [-0.25, -0.2) is 0 Å². The van der Waals surface area contributed by atoms with Gasteiger partial charge in [0, 0.05) is 12.6 Å². The summed E-state index contributed by atoms with van der Waals surface area (Å²) in [6.45, 7) is 0. The molecule has 0 saturated heterocycles. The van der Waals surface area contributed by atoms with E-state index in [0.29, 0.717) is 6.29 Å². The highest BCUT2D eigenvalue weighted by Gasteiger charge is 2.31. The van der Waals surface area contributed by atoms with E-state index in [0.717, 1.165) is 12.4 Å². The number of alkyl halides is 3. The Morgan fingerprint density at radius 2 is 2.25 bits per heavy atom. The molecule has 0 fully saturated rings. The Hall–Kier alpha value is -1.33. The van der Waals surface area contributed by atoms with Crippen LogP contribution in [0.3, 0.4) is 0 Å². The van der Waals surface area contributed by atoms with Gasteiger partial charge in [-0.2, -0.15) is 9.78 Å². The first-order valence-corrected chi connectivity index (χ1v) is 3.08. The van der Waals surface area contributed by atoms with Crippen LogP contribution in [-0.2, 0) is 17.5 Å². The Labute approximate surface area is 65.8 Å². The van der Waals surface area contributed by atoms with Crippen molar-refractivity contribution in [2.75, 3.05) is 0 Å². The van der Waals surface area contributed by atoms with Crippen molar-refractivity contribution in [2.45, 2.75) is 12.7 Å². The van der Waals surface area contributed by atoms with Gasteiger partial charge in [-0.05, 0) is 5.56 Å². The Bertz CT molecular complexity index is 279. The molecule has 3 nitrogen and oxygen atoms in total. The van der Waals surface area contributed by atoms with E-state index in [1.165, 1.54) is 0 Å². The number of aldehydes is 1. The second kappa shape index (κ2) is 2.96. The minimum atomic E-state index is -4.50. The molecular formula is C6H5F3N2O. The van der Waals surface area contributed by atoms with E-state index in [-0.39, 0.29) is 16.7 Å². The molecule has 0 amide bonds. The normalized spacial score (nSPS) is 11.6. The lowest BCUT2D eigenvalue weighted by molar-refractivity contribution is -0.212. The van der Waals surface area contributed by atoms with Crippen molar-refractivity contribution in [3.8, 4) is 0 Å². The zero-order valence-electron chi connectivity index (χ0n) is 5.88. The summed E-state index contributed by atoms with van der Waals surface area (Å²) >= 11 is 0. The van der Waals surface area contributed by atoms with Crippen molar-refractivity contribution >= 4 is 6.29 Å². The first-order valence-electron chi connectivity index (χ1n) is 3.08. The molecule has 1 rings (SSSR count). The smallest absolute Gasteiger partial charge is 0.303 e. The maximum absolute atomic E-state index is 11.9. The molecule has 0 radical (unpaired) electrons. The summed E-state index contributed by atoms with van der Waals surface area (Å²) in [6, 6.07) is 0. The number of rotatable bonds is 2. The third-order valence-corrected chi connectivity index (χ3v) is 1.21. The lowest BCUT2D eigenvalue weighted by Crippen LogP contribution is -2.16. The molecule has 0 aliphatic rings. The molecule has 1 aromatic heterocycles. The van der Waals surface area contributed by atoms with Gasteiger partial charge in [0.25, 0.3) is 0 Å². The number of carbonyl (C=O) groups excluding carboxylic acids is 1. The number of nitrogens with zero attached hydrogens (tertiary/aromatic N) is 2. The van der Waals surface area contributed by atoms with Crippen LogP contribution >= 0.6 is 0 Å². The molecule has 6 heteroatoms. The molecule has 1 aromatic rings. The molecule has 0 aromatic carbocycles. The average molecular weight is 178 g/mol. The minimum Gasteiger partial charge on any atom is -0.303 e. The molecule has 12 heavy (non-hydrogen) atoms. The van der Waals surface area contributed by atoms with E-state index in [1.807, 2.05) is 0 Å². The van der Waals surface area contributed by atoms with Gasteiger partial charge >= 0.3 is 6.30 Å². The first kappa shape index (κ1) is 8.76. The number of aromatic nitrogens is 2. The summed E-state index contributed by atoms with van der Waals surface area (Å²) in [4.78, 5) is 9.91. The van der Waals surface area contributed by atoms with Crippen LogP contribution in [-0.4, -0.2) is 16.1 Å². The molecule has 0 aliphatic heterocycles. The predicted octanol–water partition coefficient (Wildman–Crippen LogP) is 1.10. The van der Waals surface area contributed by atoms with Crippen LogP contribution in [0.4, 0.5) is 13.2 Å². The van der Waals surface area contributed by atoms with Crippen molar-refractivity contribution in [3.63, 3.8) is 0 Å². The summed E-state index contributed by atoms with van der Waals surface area (Å²) in [5, 5.41) is 3.04. The van der Waals surface area contributed by atoms with Crippen molar-refractivity contribution in [2.24, 2.45) is 0 Å². The molecule has 0 atom stereocenters. The van der Waals surface area contributed by atoms with Gasteiger partial charge in [0.05, 0.1) is 6.20 Å². The second-order valence-electron chi connectivity index (χ2n) is 2.13. The van der Waals surface area contributed by atoms with Crippen molar-refractivity contribution in [1.82, 2.24) is 9.78 Å². The van der Waals surface area contributed by atoms with E-state index >= 15 is 0 Å². The van der Waals surface area contributed by atoms with E-state index in [1.54, 1.807) is 0 Å². The van der Waals surface area contributed by atoms with E-state index in [2.05, 4.69) is 5.10 Å². The molecule has 1 heterocycles. The third kappa shape index (κ3) is 1.84. The quantitative estimate of drug-likeness (QED) is 0.635. The van der Waals surface area contributed by atoms with Crippen LogP contribution in [0.2, 0.25) is 0 Å². The van der Waals surface area contributed by atoms with Crippen LogP contribution < -0.4 is 0 Å². The average Bonchev–Trinajstić information content (AvgIpc) is 2.35. The number of carbonyl (C=O) groups is 1. The predicted molar refractivity (Wildman–Crippen MR) is 33.3 cm³/mol. The van der Waals surface area contributed by atoms with E-state index < -0.39 is 6.30 Å². The Balaban J connectivity index is 2.84. The SMILES string of the molecule is O=CCc1cnn(C(F)(F)F)c1. The Morgan fingerprint density at radius 3 is 2.67 bits per heavy atom. The van der Waals surface area contributed by atoms with Gasteiger partial charge in [-0.1, -0.05) is 0 Å². The Morgan fingerprint density at radius 1 is 1.58 bits per heavy atom. The fraction of sp³-hybridized carbons (Fsp3) is 0.333. The second-order valence-corrected chi connectivity index (χ2v) is 2.13. The van der Waals surface area contributed by atoms with Crippen molar-refractivity contribution < 1.29 is 18.0 Å². The monoisotopic (exact) mass is 178 g/mol. The van der Waals surface area contributed by atoms with Gasteiger partial charge in [0.1, 0.15) is 6.29 Å². The van der Waals surface area contributed by atoms with Crippen LogP contribution in [0.5, 0.6) is 0 Å². The van der Waals surface area contributed by atoms with Crippen molar-refractivity contribution in [3.05, 3.63) is 18.0 Å². The van der Waals surface area contributed by atoms with Crippen LogP contribution in [0.25, 0.3) is 0 Å². The number of hydrogen-bond acceptors (Lipinski definition) is 2. The topological polar surface area (TPSA) is 34.9 Å². The summed E-state index contributed by atoms with van der Waals surface area (Å²) in [6.07, 6.45) is -2.22. The van der Waals surface area contributed by atoms with E-state index in [4.69, 9.17) is 0 Å². The molecule has 0 saturated carbocycles. The molecule has 0 aliphatic carbocycles. The summed E-state index contributed by atoms with van der Waals surface area (Å²) < 4.78 is 35.4. The fourth-order valence-electron chi connectivity index (χ4n) is 0.700. The maximum Gasteiger partial charge on any atom is 0.504 e. The van der Waals surface area contributed by atoms with Gasteiger partial charge in [0.2, 0.25) is 0 Å². The zero-order valence-corrected chi connectivity index (χ0v) is 5.88. The summed E-state index contributed by atoms with van der Waals surface area (Å²) in [7, 11) is 0. The Kier molecular flexibility index (Phi) is 2.16. The summed E-state index contributed by atoms with van der Waals surface area (Å²) in [5.74, 6) is 0. The minimum absolute atomic E-state index is 0.0456. The highest BCUT2D eigenvalue weighted by Crippen LogP contribution is 2.20. The van der Waals surface area contributed by atoms with Gasteiger partial charge in [-0.3, -0.25) is 0 Å². The van der Waals surface area contributed by atoms with Crippen LogP contribution in [0.15, 0.2) is 12.4 Å². The number of hydrogen-bond donors (Lipinski definition) is 0. The van der Waals surface area contributed by atoms with Gasteiger partial charge in [-0.15, -0.1) is 13.2 Å². The van der Waals surface area contributed by atoms with Crippen molar-refractivity contribution in [1.29, 1.82) is 0 Å².